The van der Waals surface area contributed by atoms with Gasteiger partial charge in [-0.3, -0.25) is 4.79 Å². The molecule has 0 saturated heterocycles. The van der Waals surface area contributed by atoms with E-state index in [1.54, 1.807) is 36.4 Å². The molecule has 0 saturated carbocycles. The zero-order valence-corrected chi connectivity index (χ0v) is 12.2. The molecule has 0 amide bonds. The predicted molar refractivity (Wildman–Crippen MR) is 77.9 cm³/mol. The Morgan fingerprint density at radius 2 is 1.90 bits per heavy atom. The molecule has 0 aliphatic rings. The number of esters is 1. The van der Waals surface area contributed by atoms with Crippen LogP contribution >= 0.6 is 11.6 Å². The van der Waals surface area contributed by atoms with Gasteiger partial charge in [0.05, 0.1) is 18.6 Å². The molecular formula is C16H14ClFO3. The normalized spacial score (nSPS) is 10.2. The Balaban J connectivity index is 1.99. The molecule has 0 fully saturated rings. The average molecular weight is 309 g/mol. The van der Waals surface area contributed by atoms with Crippen molar-refractivity contribution in [2.24, 2.45) is 0 Å². The van der Waals surface area contributed by atoms with E-state index in [1.807, 2.05) is 0 Å². The van der Waals surface area contributed by atoms with E-state index in [-0.39, 0.29) is 19.0 Å². The Bertz CT molecular complexity index is 606. The summed E-state index contributed by atoms with van der Waals surface area (Å²) < 4.78 is 23.7. The fraction of sp³-hybridized carbons (Fsp3) is 0.188. The number of carbonyl (C=O) groups excluding carboxylic acids is 1. The minimum Gasteiger partial charge on any atom is -0.489 e. The molecule has 2 rings (SSSR count). The second-order valence-electron chi connectivity index (χ2n) is 4.39. The van der Waals surface area contributed by atoms with Crippen LogP contribution in [0.3, 0.4) is 0 Å². The number of ether oxygens (including phenoxy) is 2. The van der Waals surface area contributed by atoms with Crippen LogP contribution in [0, 0.1) is 5.82 Å². The molecule has 0 N–H and O–H groups in total. The van der Waals surface area contributed by atoms with Crippen LogP contribution in [0.25, 0.3) is 0 Å². The van der Waals surface area contributed by atoms with E-state index < -0.39 is 5.82 Å². The molecule has 0 bridgehead atoms. The number of benzene rings is 2. The van der Waals surface area contributed by atoms with Crippen LogP contribution in [-0.4, -0.2) is 13.1 Å². The summed E-state index contributed by atoms with van der Waals surface area (Å²) in [6.45, 7) is 0.0435. The lowest BCUT2D eigenvalue weighted by Gasteiger charge is -2.09. The van der Waals surface area contributed by atoms with Crippen molar-refractivity contribution in [1.29, 1.82) is 0 Å². The van der Waals surface area contributed by atoms with E-state index in [0.29, 0.717) is 16.3 Å². The summed E-state index contributed by atoms with van der Waals surface area (Å²) in [4.78, 5) is 11.1. The van der Waals surface area contributed by atoms with Gasteiger partial charge in [0, 0.05) is 5.56 Å². The Morgan fingerprint density at radius 3 is 2.52 bits per heavy atom. The predicted octanol–water partition coefficient (Wildman–Crippen LogP) is 3.77. The van der Waals surface area contributed by atoms with Crippen molar-refractivity contribution in [3.8, 4) is 5.75 Å². The van der Waals surface area contributed by atoms with Gasteiger partial charge >= 0.3 is 5.97 Å². The largest absolute Gasteiger partial charge is 0.489 e. The zero-order chi connectivity index (χ0) is 15.2. The lowest BCUT2D eigenvalue weighted by atomic mass is 10.1. The van der Waals surface area contributed by atoms with Gasteiger partial charge in [0.2, 0.25) is 0 Å². The molecule has 2 aromatic rings. The highest BCUT2D eigenvalue weighted by Gasteiger charge is 2.08. The summed E-state index contributed by atoms with van der Waals surface area (Å²) in [6.07, 6.45) is 0.204. The second-order valence-corrected chi connectivity index (χ2v) is 4.79. The first-order chi connectivity index (χ1) is 10.1. The molecule has 2 aromatic carbocycles. The smallest absolute Gasteiger partial charge is 0.309 e. The van der Waals surface area contributed by atoms with Gasteiger partial charge in [-0.25, -0.2) is 4.39 Å². The van der Waals surface area contributed by atoms with E-state index in [0.717, 1.165) is 5.56 Å². The highest BCUT2D eigenvalue weighted by atomic mass is 35.5. The third kappa shape index (κ3) is 4.20. The lowest BCUT2D eigenvalue weighted by molar-refractivity contribution is -0.139. The molecule has 5 heteroatoms. The lowest BCUT2D eigenvalue weighted by Crippen LogP contribution is -2.04. The summed E-state index contributed by atoms with van der Waals surface area (Å²) in [6, 6.07) is 11.4. The fourth-order valence-corrected chi connectivity index (χ4v) is 1.99. The monoisotopic (exact) mass is 308 g/mol. The first-order valence-electron chi connectivity index (χ1n) is 6.31. The molecule has 0 aliphatic carbocycles. The van der Waals surface area contributed by atoms with E-state index in [2.05, 4.69) is 4.74 Å². The van der Waals surface area contributed by atoms with E-state index in [1.165, 1.54) is 13.2 Å². The van der Waals surface area contributed by atoms with Crippen LogP contribution in [0.2, 0.25) is 5.02 Å². The minimum absolute atomic E-state index is 0.0435. The van der Waals surface area contributed by atoms with E-state index >= 15 is 0 Å². The number of methoxy groups -OCH3 is 1. The Kier molecular flexibility index (Phi) is 5.17. The van der Waals surface area contributed by atoms with Crippen molar-refractivity contribution < 1.29 is 18.7 Å². The maximum atomic E-state index is 13.6. The number of carbonyl (C=O) groups is 1. The standard InChI is InChI=1S/C16H14ClFO3/c1-20-16(19)9-11-5-7-12(8-6-11)21-10-13-14(17)3-2-4-15(13)18/h2-8H,9-10H2,1H3. The van der Waals surface area contributed by atoms with Gasteiger partial charge in [0.15, 0.2) is 0 Å². The highest BCUT2D eigenvalue weighted by molar-refractivity contribution is 6.31. The molecule has 0 unspecified atom stereocenters. The first-order valence-corrected chi connectivity index (χ1v) is 6.69. The topological polar surface area (TPSA) is 35.5 Å². The SMILES string of the molecule is COC(=O)Cc1ccc(OCc2c(F)cccc2Cl)cc1. The first kappa shape index (κ1) is 15.3. The summed E-state index contributed by atoms with van der Waals surface area (Å²) in [5.41, 5.74) is 1.14. The van der Waals surface area contributed by atoms with Crippen LogP contribution in [0.15, 0.2) is 42.5 Å². The zero-order valence-electron chi connectivity index (χ0n) is 11.4. The molecular weight excluding hydrogens is 295 g/mol. The van der Waals surface area contributed by atoms with Gasteiger partial charge in [-0.2, -0.15) is 0 Å². The summed E-state index contributed by atoms with van der Waals surface area (Å²) in [7, 11) is 1.35. The van der Waals surface area contributed by atoms with Gasteiger partial charge in [-0.15, -0.1) is 0 Å². The molecule has 0 aliphatic heterocycles. The van der Waals surface area contributed by atoms with Crippen molar-refractivity contribution in [3.05, 3.63) is 64.4 Å². The maximum Gasteiger partial charge on any atom is 0.309 e. The molecule has 0 atom stereocenters. The number of hydrogen-bond acceptors (Lipinski definition) is 3. The average Bonchev–Trinajstić information content (AvgIpc) is 2.48. The van der Waals surface area contributed by atoms with Gasteiger partial charge < -0.3 is 9.47 Å². The van der Waals surface area contributed by atoms with Crippen LogP contribution < -0.4 is 4.74 Å². The van der Waals surface area contributed by atoms with Crippen molar-refractivity contribution in [3.63, 3.8) is 0 Å². The minimum atomic E-state index is -0.398. The van der Waals surface area contributed by atoms with E-state index in [4.69, 9.17) is 16.3 Å². The summed E-state index contributed by atoms with van der Waals surface area (Å²) in [5.74, 6) is -0.130. The van der Waals surface area contributed by atoms with Crippen molar-refractivity contribution in [2.75, 3.05) is 7.11 Å². The van der Waals surface area contributed by atoms with Gasteiger partial charge in [0.1, 0.15) is 18.2 Å². The molecule has 21 heavy (non-hydrogen) atoms. The van der Waals surface area contributed by atoms with Crippen LogP contribution in [0.5, 0.6) is 5.75 Å². The second kappa shape index (κ2) is 7.09. The Morgan fingerprint density at radius 1 is 1.19 bits per heavy atom. The Hall–Kier alpha value is -2.07. The van der Waals surface area contributed by atoms with Crippen molar-refractivity contribution in [1.82, 2.24) is 0 Å². The number of hydrogen-bond donors (Lipinski definition) is 0. The van der Waals surface area contributed by atoms with Gasteiger partial charge in [0.25, 0.3) is 0 Å². The molecule has 0 heterocycles. The molecule has 0 aromatic heterocycles. The third-order valence-electron chi connectivity index (χ3n) is 2.94. The molecule has 110 valence electrons. The maximum absolute atomic E-state index is 13.6. The quantitative estimate of drug-likeness (QED) is 0.789. The molecule has 0 radical (unpaired) electrons. The van der Waals surface area contributed by atoms with Crippen molar-refractivity contribution in [2.45, 2.75) is 13.0 Å². The highest BCUT2D eigenvalue weighted by Crippen LogP contribution is 2.21. The number of rotatable bonds is 5. The van der Waals surface area contributed by atoms with Gasteiger partial charge in [-0.1, -0.05) is 29.8 Å². The fourth-order valence-electron chi connectivity index (χ4n) is 1.77. The van der Waals surface area contributed by atoms with Gasteiger partial charge in [-0.05, 0) is 29.8 Å². The van der Waals surface area contributed by atoms with Crippen LogP contribution in [0.4, 0.5) is 4.39 Å². The molecule has 0 spiro atoms. The van der Waals surface area contributed by atoms with Crippen molar-refractivity contribution >= 4 is 17.6 Å². The number of halogens is 2. The van der Waals surface area contributed by atoms with Crippen LogP contribution in [0.1, 0.15) is 11.1 Å². The summed E-state index contributed by atoms with van der Waals surface area (Å²) >= 11 is 5.92. The molecule has 3 nitrogen and oxygen atoms in total. The summed E-state index contributed by atoms with van der Waals surface area (Å²) in [5, 5.41) is 0.331. The van der Waals surface area contributed by atoms with Crippen LogP contribution in [-0.2, 0) is 22.6 Å². The van der Waals surface area contributed by atoms with E-state index in [9.17, 15) is 9.18 Å². The third-order valence-corrected chi connectivity index (χ3v) is 3.30. The Labute approximate surface area is 127 Å².